The molecule has 2 aromatic carbocycles. The molecule has 0 atom stereocenters. The number of hydrogen-bond donors (Lipinski definition) is 1. The minimum Gasteiger partial charge on any atom is -0.324 e. The van der Waals surface area contributed by atoms with Crippen molar-refractivity contribution < 1.29 is 14.4 Å². The second-order valence-corrected chi connectivity index (χ2v) is 6.16. The monoisotopic (exact) mass is 429 g/mol. The van der Waals surface area contributed by atoms with Crippen molar-refractivity contribution in [1.29, 1.82) is 0 Å². The Labute approximate surface area is 190 Å². The van der Waals surface area contributed by atoms with E-state index in [9.17, 15) is 14.4 Å². The highest BCUT2D eigenvalue weighted by Crippen LogP contribution is 2.06. The lowest BCUT2D eigenvalue weighted by Gasteiger charge is -1.99. The Hall–Kier alpha value is -2.59. The first-order valence-electron chi connectivity index (χ1n) is 11.2. The number of Topliss-reactive ketones (excluding diaryl/α,β-unsaturated/α-hetero) is 2. The predicted octanol–water partition coefficient (Wildman–Crippen LogP) is 6.00. The summed E-state index contributed by atoms with van der Waals surface area (Å²) >= 11 is 0. The van der Waals surface area contributed by atoms with Gasteiger partial charge in [0.25, 0.3) is 0 Å². The maximum atomic E-state index is 10.7. The molecule has 0 aliphatic rings. The zero-order chi connectivity index (χ0) is 24.3. The van der Waals surface area contributed by atoms with E-state index in [1.807, 2.05) is 64.1 Å². The number of ketones is 2. The smallest absolute Gasteiger partial charge is 0.143 e. The van der Waals surface area contributed by atoms with Crippen LogP contribution >= 0.6 is 0 Å². The lowest BCUT2D eigenvalue weighted by Crippen LogP contribution is -2.07. The van der Waals surface area contributed by atoms with Gasteiger partial charge in [-0.25, -0.2) is 0 Å². The molecule has 2 aromatic rings. The van der Waals surface area contributed by atoms with Crippen molar-refractivity contribution in [3.05, 3.63) is 71.8 Å². The molecule has 4 nitrogen and oxygen atoms in total. The van der Waals surface area contributed by atoms with Crippen LogP contribution in [0.3, 0.4) is 0 Å². The zero-order valence-electron chi connectivity index (χ0n) is 20.4. The largest absolute Gasteiger partial charge is 0.324 e. The first kappa shape index (κ1) is 33.1. The van der Waals surface area contributed by atoms with Crippen molar-refractivity contribution in [2.45, 2.75) is 73.6 Å². The average molecular weight is 430 g/mol. The number of carbonyl (C=O) groups is 3. The van der Waals surface area contributed by atoms with Crippen LogP contribution in [0.5, 0.6) is 0 Å². The molecule has 0 heterocycles. The normalized spacial score (nSPS) is 8.35. The number of nitrogens with two attached hydrogens (primary N) is 1. The average Bonchev–Trinajstić information content (AvgIpc) is 2.82. The van der Waals surface area contributed by atoms with Crippen LogP contribution in [0.2, 0.25) is 0 Å². The number of aldehydes is 1. The highest BCUT2D eigenvalue weighted by atomic mass is 16.1. The molecule has 0 aliphatic carbocycles. The molecule has 0 fully saturated rings. The van der Waals surface area contributed by atoms with Gasteiger partial charge in [-0.05, 0) is 44.2 Å². The molecule has 2 rings (SSSR count). The van der Waals surface area contributed by atoms with Crippen LogP contribution in [-0.4, -0.2) is 24.4 Å². The lowest BCUT2D eigenvalue weighted by molar-refractivity contribution is -0.117. The summed E-state index contributed by atoms with van der Waals surface area (Å²) in [6.07, 6.45) is 5.39. The number of unbranched alkanes of at least 4 members (excludes halogenated alkanes) is 1. The molecule has 0 aromatic heterocycles. The third-order valence-electron chi connectivity index (χ3n) is 3.54. The number of rotatable bonds is 8. The van der Waals surface area contributed by atoms with Gasteiger partial charge in [0.05, 0.1) is 6.54 Å². The highest BCUT2D eigenvalue weighted by Gasteiger charge is 1.94. The standard InChI is InChI=1S/C12H16O.C8H8O.C3H7NO.2C2H6/c1-11(13)7-5-6-10-12-8-3-2-4-9-12;9-7-6-8-4-2-1-3-5-8;1-3(5)2-4;2*1-2/h2-4,8-9H,5-7,10H2,1H3;1-5,7H,6H2;2,4H2,1H3;2*1-2H3. The highest BCUT2D eigenvalue weighted by molar-refractivity contribution is 5.77. The van der Waals surface area contributed by atoms with Gasteiger partial charge in [0.2, 0.25) is 0 Å². The van der Waals surface area contributed by atoms with Crippen molar-refractivity contribution in [3.8, 4) is 0 Å². The Morgan fingerprint density at radius 3 is 1.52 bits per heavy atom. The van der Waals surface area contributed by atoms with Crippen LogP contribution in [0.25, 0.3) is 0 Å². The summed E-state index contributed by atoms with van der Waals surface area (Å²) in [4.78, 5) is 30.3. The molecule has 0 saturated heterocycles. The Morgan fingerprint density at radius 1 is 0.742 bits per heavy atom. The molecule has 174 valence electrons. The topological polar surface area (TPSA) is 77.2 Å². The van der Waals surface area contributed by atoms with Crippen molar-refractivity contribution in [3.63, 3.8) is 0 Å². The van der Waals surface area contributed by atoms with Gasteiger partial charge >= 0.3 is 0 Å². The van der Waals surface area contributed by atoms with E-state index in [2.05, 4.69) is 24.3 Å². The van der Waals surface area contributed by atoms with E-state index in [4.69, 9.17) is 5.73 Å². The van der Waals surface area contributed by atoms with E-state index in [0.29, 0.717) is 12.2 Å². The first-order valence-corrected chi connectivity index (χ1v) is 11.2. The molecule has 2 N–H and O–H groups in total. The quantitative estimate of drug-likeness (QED) is 0.412. The van der Waals surface area contributed by atoms with Crippen LogP contribution in [0.4, 0.5) is 0 Å². The molecular weight excluding hydrogens is 386 g/mol. The van der Waals surface area contributed by atoms with Gasteiger partial charge in [0.1, 0.15) is 17.9 Å². The summed E-state index contributed by atoms with van der Waals surface area (Å²) in [5.74, 6) is 0.332. The van der Waals surface area contributed by atoms with E-state index < -0.39 is 0 Å². The number of benzene rings is 2. The van der Waals surface area contributed by atoms with E-state index in [1.165, 1.54) is 12.5 Å². The molecule has 31 heavy (non-hydrogen) atoms. The van der Waals surface area contributed by atoms with Crippen LogP contribution in [0.15, 0.2) is 60.7 Å². The molecule has 0 unspecified atom stereocenters. The minimum absolute atomic E-state index is 0.0324. The van der Waals surface area contributed by atoms with E-state index in [1.54, 1.807) is 6.92 Å². The minimum atomic E-state index is 0.0324. The fourth-order valence-corrected chi connectivity index (χ4v) is 2.06. The van der Waals surface area contributed by atoms with Crippen molar-refractivity contribution in [2.24, 2.45) is 5.73 Å². The summed E-state index contributed by atoms with van der Waals surface area (Å²) in [6.45, 7) is 11.3. The molecule has 4 heteroatoms. The Bertz CT molecular complexity index is 640. The Balaban J connectivity index is -0.000000379. The predicted molar refractivity (Wildman–Crippen MR) is 133 cm³/mol. The van der Waals surface area contributed by atoms with Crippen LogP contribution in [0.1, 0.15) is 71.9 Å². The van der Waals surface area contributed by atoms with Crippen LogP contribution in [-0.2, 0) is 27.2 Å². The van der Waals surface area contributed by atoms with Gasteiger partial charge in [-0.15, -0.1) is 0 Å². The van der Waals surface area contributed by atoms with E-state index in [-0.39, 0.29) is 12.3 Å². The summed E-state index contributed by atoms with van der Waals surface area (Å²) in [7, 11) is 0. The number of aryl methyl sites for hydroxylation is 1. The zero-order valence-corrected chi connectivity index (χ0v) is 20.4. The van der Waals surface area contributed by atoms with Crippen molar-refractivity contribution in [1.82, 2.24) is 0 Å². The fraction of sp³-hybridized carbons (Fsp3) is 0.444. The number of hydrogen-bond acceptors (Lipinski definition) is 4. The Kier molecular flexibility index (Phi) is 29.2. The van der Waals surface area contributed by atoms with Crippen LogP contribution in [0, 0.1) is 0 Å². The lowest BCUT2D eigenvalue weighted by atomic mass is 10.1. The fourth-order valence-electron chi connectivity index (χ4n) is 2.06. The van der Waals surface area contributed by atoms with Crippen molar-refractivity contribution >= 4 is 17.9 Å². The van der Waals surface area contributed by atoms with E-state index >= 15 is 0 Å². The van der Waals surface area contributed by atoms with Gasteiger partial charge in [-0.1, -0.05) is 88.4 Å². The third-order valence-corrected chi connectivity index (χ3v) is 3.54. The maximum absolute atomic E-state index is 10.7. The van der Waals surface area contributed by atoms with Gasteiger partial charge in [-0.3, -0.25) is 4.79 Å². The SMILES string of the molecule is CC.CC.CC(=O)CCCCc1ccccc1.CC(=O)CN.O=CCc1ccccc1. The van der Waals surface area contributed by atoms with Gasteiger partial charge < -0.3 is 15.3 Å². The summed E-state index contributed by atoms with van der Waals surface area (Å²) in [5, 5.41) is 0. The summed E-state index contributed by atoms with van der Waals surface area (Å²) in [5.41, 5.74) is 7.26. The maximum Gasteiger partial charge on any atom is 0.143 e. The molecule has 0 spiro atoms. The molecular formula is C27H43NO3. The summed E-state index contributed by atoms with van der Waals surface area (Å²) < 4.78 is 0. The van der Waals surface area contributed by atoms with E-state index in [0.717, 1.165) is 37.5 Å². The molecule has 0 radical (unpaired) electrons. The van der Waals surface area contributed by atoms with Gasteiger partial charge in [0, 0.05) is 12.8 Å². The number of carbonyl (C=O) groups excluding carboxylic acids is 3. The van der Waals surface area contributed by atoms with Gasteiger partial charge in [-0.2, -0.15) is 0 Å². The van der Waals surface area contributed by atoms with Gasteiger partial charge in [0.15, 0.2) is 0 Å². The third kappa shape index (κ3) is 27.4. The summed E-state index contributed by atoms with van der Waals surface area (Å²) in [6, 6.07) is 20.1. The Morgan fingerprint density at radius 2 is 1.16 bits per heavy atom. The second-order valence-electron chi connectivity index (χ2n) is 6.16. The molecule has 0 saturated carbocycles. The van der Waals surface area contributed by atoms with Crippen LogP contribution < -0.4 is 5.73 Å². The first-order chi connectivity index (χ1) is 15.0. The van der Waals surface area contributed by atoms with Crippen molar-refractivity contribution in [2.75, 3.05) is 6.54 Å². The molecule has 0 bridgehead atoms. The second kappa shape index (κ2) is 27.4. The molecule has 0 aliphatic heterocycles. The molecule has 0 amide bonds.